The Kier molecular flexibility index (Phi) is 8.34. The normalized spacial score (nSPS) is 45.9. The predicted molar refractivity (Wildman–Crippen MR) is 163 cm³/mol. The first-order valence-corrected chi connectivity index (χ1v) is 17.4. The third kappa shape index (κ3) is 5.22. The Hall–Kier alpha value is -2.00. The molecule has 0 aromatic carbocycles. The maximum absolute atomic E-state index is 16.5. The molecule has 13 atom stereocenters. The van der Waals surface area contributed by atoms with Crippen LogP contribution >= 0.6 is 11.8 Å². The van der Waals surface area contributed by atoms with Crippen molar-refractivity contribution < 1.29 is 23.2 Å². The van der Waals surface area contributed by atoms with Gasteiger partial charge in [-0.1, -0.05) is 20.4 Å². The number of hydrogen-bond acceptors (Lipinski definition) is 8. The highest BCUT2D eigenvalue weighted by Gasteiger charge is 2.60. The van der Waals surface area contributed by atoms with E-state index in [0.29, 0.717) is 39.0 Å². The number of hydrogen-bond donors (Lipinski definition) is 5. The van der Waals surface area contributed by atoms with Gasteiger partial charge in [-0.15, -0.1) is 11.8 Å². The van der Waals surface area contributed by atoms with Crippen molar-refractivity contribution in [3.63, 3.8) is 0 Å². The van der Waals surface area contributed by atoms with Crippen LogP contribution in [0, 0.1) is 17.8 Å². The number of rotatable bonds is 3. The topological polar surface area (TPSA) is 121 Å². The van der Waals surface area contributed by atoms with Crippen LogP contribution in [0.3, 0.4) is 0 Å². The zero-order chi connectivity index (χ0) is 30.9. The molecule has 2 saturated carbocycles. The highest BCUT2D eigenvalue weighted by molar-refractivity contribution is 8.00. The minimum absolute atomic E-state index is 0.0581. The number of nitrogens with zero attached hydrogens (tertiary/aromatic N) is 3. The molecule has 7 aliphatic rings. The largest absolute Gasteiger partial charge is 0.352 e. The molecule has 44 heavy (non-hydrogen) atoms. The summed E-state index contributed by atoms with van der Waals surface area (Å²) in [5.41, 5.74) is 0. The van der Waals surface area contributed by atoms with E-state index in [2.05, 4.69) is 51.9 Å². The number of nitrogens with one attached hydrogen (secondary N) is 5. The Bertz CT molecular complexity index is 1170. The second-order valence-electron chi connectivity index (χ2n) is 14.0. The van der Waals surface area contributed by atoms with Gasteiger partial charge in [0.2, 0.25) is 11.8 Å². The van der Waals surface area contributed by atoms with Crippen molar-refractivity contribution >= 4 is 29.6 Å². The summed E-state index contributed by atoms with van der Waals surface area (Å²) in [5.74, 6) is -0.962. The molecule has 12 unspecified atom stereocenters. The van der Waals surface area contributed by atoms with Crippen LogP contribution in [-0.2, 0) is 9.59 Å². The molecular formula is C30H46F2N8O3S. The second kappa shape index (κ2) is 12.0. The Morgan fingerprint density at radius 2 is 1.86 bits per heavy atom. The fourth-order valence-electron chi connectivity index (χ4n) is 9.18. The fourth-order valence-corrected chi connectivity index (χ4v) is 10.3. The summed E-state index contributed by atoms with van der Waals surface area (Å²) in [5, 5.41) is 16.7. The summed E-state index contributed by atoms with van der Waals surface area (Å²) in [4.78, 5) is 46.0. The molecule has 5 saturated heterocycles. The summed E-state index contributed by atoms with van der Waals surface area (Å²) in [6, 6.07) is -1.84. The number of fused-ring (bicyclic) bond motifs is 6. The van der Waals surface area contributed by atoms with Crippen LogP contribution in [0.15, 0.2) is 12.7 Å². The molecule has 5 heterocycles. The summed E-state index contributed by atoms with van der Waals surface area (Å²) >= 11 is 1.47. The molecule has 0 aromatic heterocycles. The third-order valence-corrected chi connectivity index (χ3v) is 12.5. The van der Waals surface area contributed by atoms with E-state index in [-0.39, 0.29) is 71.4 Å². The Balaban J connectivity index is 1.26. The van der Waals surface area contributed by atoms with Crippen molar-refractivity contribution in [1.29, 1.82) is 0 Å². The van der Waals surface area contributed by atoms with Gasteiger partial charge in [-0.25, -0.2) is 13.6 Å². The van der Waals surface area contributed by atoms with Gasteiger partial charge >= 0.3 is 6.03 Å². The lowest BCUT2D eigenvalue weighted by molar-refractivity contribution is -0.130. The SMILES string of the molecule is C=CC(=O)N1CCN(C2NC(=O)N3C4NC(C(F)CC24)C2C(F)CCCC2NC(=O)CSC2NCNC(C(C)C)C23)C2C[C@H]21. The Morgan fingerprint density at radius 1 is 1.05 bits per heavy atom. The molecule has 2 aliphatic carbocycles. The first-order valence-electron chi connectivity index (χ1n) is 16.4. The van der Waals surface area contributed by atoms with Gasteiger partial charge in [0.1, 0.15) is 12.3 Å². The van der Waals surface area contributed by atoms with Crippen molar-refractivity contribution in [3.8, 4) is 0 Å². The minimum Gasteiger partial charge on any atom is -0.352 e. The number of urea groups is 1. The average molecular weight is 637 g/mol. The van der Waals surface area contributed by atoms with Crippen LogP contribution in [0.2, 0.25) is 0 Å². The molecule has 244 valence electrons. The molecule has 0 spiro atoms. The third-order valence-electron chi connectivity index (χ3n) is 11.2. The van der Waals surface area contributed by atoms with Crippen molar-refractivity contribution in [1.82, 2.24) is 41.3 Å². The highest BCUT2D eigenvalue weighted by atomic mass is 32.2. The average Bonchev–Trinajstić information content (AvgIpc) is 3.80. The van der Waals surface area contributed by atoms with Crippen LogP contribution in [-0.4, -0.2) is 124 Å². The molecule has 5 aliphatic heterocycles. The fraction of sp³-hybridized carbons (Fsp3) is 0.833. The number of halogens is 2. The van der Waals surface area contributed by atoms with Gasteiger partial charge in [-0.3, -0.25) is 30.4 Å². The lowest BCUT2D eigenvalue weighted by Gasteiger charge is -2.59. The summed E-state index contributed by atoms with van der Waals surface area (Å²) in [7, 11) is 0. The Labute approximate surface area is 262 Å². The van der Waals surface area contributed by atoms with Crippen LogP contribution < -0.4 is 26.6 Å². The summed E-state index contributed by atoms with van der Waals surface area (Å²) in [6.07, 6.45) is 0.331. The first-order chi connectivity index (χ1) is 21.2. The molecule has 0 aromatic rings. The first kappa shape index (κ1) is 30.6. The quantitative estimate of drug-likeness (QED) is 0.287. The number of carbonyl (C=O) groups is 3. The number of piperazine rings is 1. The lowest BCUT2D eigenvalue weighted by Crippen LogP contribution is -2.81. The molecule has 7 rings (SSSR count). The van der Waals surface area contributed by atoms with Gasteiger partial charge in [0.25, 0.3) is 0 Å². The van der Waals surface area contributed by atoms with Crippen molar-refractivity contribution in [2.75, 3.05) is 25.5 Å². The van der Waals surface area contributed by atoms with E-state index in [1.54, 1.807) is 0 Å². The lowest BCUT2D eigenvalue weighted by atomic mass is 9.72. The predicted octanol–water partition coefficient (Wildman–Crippen LogP) is 0.691. The smallest absolute Gasteiger partial charge is 0.320 e. The van der Waals surface area contributed by atoms with Gasteiger partial charge in [0.05, 0.1) is 29.5 Å². The number of alkyl halides is 2. The zero-order valence-corrected chi connectivity index (χ0v) is 26.3. The van der Waals surface area contributed by atoms with E-state index >= 15 is 8.78 Å². The second-order valence-corrected chi connectivity index (χ2v) is 15.1. The molecule has 5 N–H and O–H groups in total. The number of amides is 4. The van der Waals surface area contributed by atoms with Crippen molar-refractivity contribution in [3.05, 3.63) is 12.7 Å². The minimum atomic E-state index is -1.35. The van der Waals surface area contributed by atoms with E-state index in [1.807, 2.05) is 9.80 Å². The van der Waals surface area contributed by atoms with Crippen LogP contribution in [0.1, 0.15) is 46.0 Å². The highest BCUT2D eigenvalue weighted by Crippen LogP contribution is 2.45. The number of thioether (sulfide) groups is 1. The van der Waals surface area contributed by atoms with Gasteiger partial charge < -0.3 is 20.4 Å². The number of piperidine rings is 1. The van der Waals surface area contributed by atoms with Crippen LogP contribution in [0.4, 0.5) is 13.6 Å². The monoisotopic (exact) mass is 636 g/mol. The molecule has 0 radical (unpaired) electrons. The van der Waals surface area contributed by atoms with Gasteiger partial charge in [-0.05, 0) is 44.1 Å². The molecule has 2 bridgehead atoms. The van der Waals surface area contributed by atoms with E-state index in [1.165, 1.54) is 17.8 Å². The van der Waals surface area contributed by atoms with E-state index in [4.69, 9.17) is 0 Å². The maximum atomic E-state index is 16.5. The van der Waals surface area contributed by atoms with E-state index < -0.39 is 42.7 Å². The van der Waals surface area contributed by atoms with Crippen LogP contribution in [0.5, 0.6) is 0 Å². The molecule has 4 amide bonds. The molecular weight excluding hydrogens is 590 g/mol. The standard InChI is InChI=1S/C30H46F2N8O3S/c1-4-22(42)38-8-9-39(20-11-19(20)38)27-15-10-17(32)25-23-16(31)6-5-7-18(23)35-21(41)12-44-29-26(24(14(2)3)33-13-34-29)40(28(15)36-25)30(43)37-27/h4,14-20,23-29,33-34,36H,1,5-13H2,2-3H3,(H,35,41)(H,37,43)/t15?,16?,17?,18?,19-,20?,23?,24?,25?,26?,27?,28?,29?/m1/s1. The van der Waals surface area contributed by atoms with Crippen LogP contribution in [0.25, 0.3) is 0 Å². The molecule has 14 heteroatoms. The van der Waals surface area contributed by atoms with E-state index in [9.17, 15) is 14.4 Å². The molecule has 7 fully saturated rings. The van der Waals surface area contributed by atoms with Crippen molar-refractivity contribution in [2.45, 2.75) is 112 Å². The molecule has 11 nitrogen and oxygen atoms in total. The zero-order valence-electron chi connectivity index (χ0n) is 25.5. The summed E-state index contributed by atoms with van der Waals surface area (Å²) in [6.45, 7) is 9.50. The van der Waals surface area contributed by atoms with Gasteiger partial charge in [-0.2, -0.15) is 0 Å². The Morgan fingerprint density at radius 3 is 2.64 bits per heavy atom. The van der Waals surface area contributed by atoms with Crippen molar-refractivity contribution in [2.24, 2.45) is 17.8 Å². The maximum Gasteiger partial charge on any atom is 0.320 e. The van der Waals surface area contributed by atoms with E-state index in [0.717, 1.165) is 6.42 Å². The summed E-state index contributed by atoms with van der Waals surface area (Å²) < 4.78 is 32.3. The van der Waals surface area contributed by atoms with Gasteiger partial charge in [0, 0.05) is 61.8 Å². The van der Waals surface area contributed by atoms with Gasteiger partial charge in [0.15, 0.2) is 0 Å². The number of carbonyl (C=O) groups excluding carboxylic acids is 3.